The molecule has 0 radical (unpaired) electrons. The highest BCUT2D eigenvalue weighted by molar-refractivity contribution is 9.10. The second-order valence-electron chi connectivity index (χ2n) is 5.77. The van der Waals surface area contributed by atoms with Gasteiger partial charge in [-0.25, -0.2) is 0 Å². The van der Waals surface area contributed by atoms with Crippen molar-refractivity contribution < 1.29 is 0 Å². The fourth-order valence-electron chi connectivity index (χ4n) is 3.06. The fourth-order valence-corrected chi connectivity index (χ4v) is 3.46. The molecule has 1 fully saturated rings. The Kier molecular flexibility index (Phi) is 6.37. The minimum atomic E-state index is 0.628. The first-order chi connectivity index (χ1) is 9.72. The zero-order valence-electron chi connectivity index (χ0n) is 12.8. The lowest BCUT2D eigenvalue weighted by molar-refractivity contribution is 0.285. The van der Waals surface area contributed by atoms with E-state index in [9.17, 15) is 0 Å². The highest BCUT2D eigenvalue weighted by Gasteiger charge is 2.17. The summed E-state index contributed by atoms with van der Waals surface area (Å²) in [4.78, 5) is 2.62. The van der Waals surface area contributed by atoms with Gasteiger partial charge in [-0.05, 0) is 69.0 Å². The maximum atomic E-state index is 3.78. The molecule has 2 rings (SSSR count). The highest BCUT2D eigenvalue weighted by Crippen LogP contribution is 2.24. The second kappa shape index (κ2) is 8.04. The van der Waals surface area contributed by atoms with Gasteiger partial charge in [0.05, 0.1) is 0 Å². The van der Waals surface area contributed by atoms with Gasteiger partial charge < -0.3 is 10.2 Å². The zero-order valence-corrected chi connectivity index (χ0v) is 14.4. The lowest BCUT2D eigenvalue weighted by atomic mass is 10.1. The van der Waals surface area contributed by atoms with E-state index in [2.05, 4.69) is 58.2 Å². The molecule has 0 aliphatic carbocycles. The molecule has 20 heavy (non-hydrogen) atoms. The number of anilines is 1. The SMILES string of the molecule is CCCN1CCCC(Nc2ccc(Br)cc2CC)CC1. The van der Waals surface area contributed by atoms with Crippen molar-refractivity contribution in [2.75, 3.05) is 25.0 Å². The van der Waals surface area contributed by atoms with E-state index >= 15 is 0 Å². The Hall–Kier alpha value is -0.540. The quantitative estimate of drug-likeness (QED) is 0.837. The Morgan fingerprint density at radius 1 is 1.25 bits per heavy atom. The van der Waals surface area contributed by atoms with Gasteiger partial charge in [-0.15, -0.1) is 0 Å². The first-order valence-corrected chi connectivity index (χ1v) is 8.79. The predicted octanol–water partition coefficient (Wildman–Crippen LogP) is 4.69. The Balaban J connectivity index is 1.96. The van der Waals surface area contributed by atoms with Gasteiger partial charge in [-0.3, -0.25) is 0 Å². The van der Waals surface area contributed by atoms with Crippen molar-refractivity contribution in [1.82, 2.24) is 4.90 Å². The summed E-state index contributed by atoms with van der Waals surface area (Å²) in [5.41, 5.74) is 2.73. The fraction of sp³-hybridized carbons (Fsp3) is 0.647. The molecule has 0 amide bonds. The lowest BCUT2D eigenvalue weighted by Gasteiger charge is -2.21. The molecule has 1 aromatic carbocycles. The number of nitrogens with one attached hydrogen (secondary N) is 1. The average Bonchev–Trinajstić information content (AvgIpc) is 2.67. The van der Waals surface area contributed by atoms with Gasteiger partial charge in [0.2, 0.25) is 0 Å². The van der Waals surface area contributed by atoms with Crippen molar-refractivity contribution in [3.63, 3.8) is 0 Å². The van der Waals surface area contributed by atoms with Gasteiger partial charge in [0.1, 0.15) is 0 Å². The standard InChI is InChI=1S/C17H27BrN2/c1-3-10-20-11-5-6-16(9-12-20)19-17-8-7-15(18)13-14(17)4-2/h7-8,13,16,19H,3-6,9-12H2,1-2H3. The number of rotatable bonds is 5. The molecule has 1 aliphatic heterocycles. The molecule has 0 spiro atoms. The molecule has 1 unspecified atom stereocenters. The van der Waals surface area contributed by atoms with E-state index < -0.39 is 0 Å². The molecule has 1 aromatic rings. The molecule has 112 valence electrons. The van der Waals surface area contributed by atoms with Gasteiger partial charge in [0.25, 0.3) is 0 Å². The van der Waals surface area contributed by atoms with E-state index in [1.807, 2.05) is 0 Å². The highest BCUT2D eigenvalue weighted by atomic mass is 79.9. The number of hydrogen-bond donors (Lipinski definition) is 1. The number of benzene rings is 1. The summed E-state index contributed by atoms with van der Waals surface area (Å²) in [5.74, 6) is 0. The van der Waals surface area contributed by atoms with Crippen molar-refractivity contribution in [2.45, 2.75) is 52.0 Å². The van der Waals surface area contributed by atoms with Crippen molar-refractivity contribution in [3.05, 3.63) is 28.2 Å². The van der Waals surface area contributed by atoms with Crippen LogP contribution in [0.2, 0.25) is 0 Å². The topological polar surface area (TPSA) is 15.3 Å². The van der Waals surface area contributed by atoms with Crippen LogP contribution in [0.15, 0.2) is 22.7 Å². The lowest BCUT2D eigenvalue weighted by Crippen LogP contribution is -2.27. The third-order valence-electron chi connectivity index (χ3n) is 4.17. The molecule has 1 heterocycles. The molecule has 1 saturated heterocycles. The van der Waals surface area contributed by atoms with Crippen LogP contribution in [-0.4, -0.2) is 30.6 Å². The number of hydrogen-bond acceptors (Lipinski definition) is 2. The summed E-state index contributed by atoms with van der Waals surface area (Å²) in [7, 11) is 0. The van der Waals surface area contributed by atoms with E-state index in [1.54, 1.807) is 0 Å². The third-order valence-corrected chi connectivity index (χ3v) is 4.66. The molecular formula is C17H27BrN2. The Morgan fingerprint density at radius 2 is 2.10 bits per heavy atom. The molecule has 0 bridgehead atoms. The van der Waals surface area contributed by atoms with Crippen LogP contribution in [0, 0.1) is 0 Å². The van der Waals surface area contributed by atoms with Gasteiger partial charge in [-0.1, -0.05) is 29.8 Å². The molecule has 3 heteroatoms. The first-order valence-electron chi connectivity index (χ1n) is 8.00. The van der Waals surface area contributed by atoms with Crippen molar-refractivity contribution in [3.8, 4) is 0 Å². The molecular weight excluding hydrogens is 312 g/mol. The summed E-state index contributed by atoms with van der Waals surface area (Å²) in [6, 6.07) is 7.23. The zero-order chi connectivity index (χ0) is 14.4. The number of nitrogens with zero attached hydrogens (tertiary/aromatic N) is 1. The Bertz CT molecular complexity index is 419. The molecule has 0 saturated carbocycles. The smallest absolute Gasteiger partial charge is 0.0375 e. The maximum absolute atomic E-state index is 3.78. The van der Waals surface area contributed by atoms with Crippen LogP contribution in [0.5, 0.6) is 0 Å². The third kappa shape index (κ3) is 4.49. The number of aryl methyl sites for hydroxylation is 1. The summed E-state index contributed by atoms with van der Waals surface area (Å²) >= 11 is 3.57. The minimum absolute atomic E-state index is 0.628. The van der Waals surface area contributed by atoms with Crippen molar-refractivity contribution in [1.29, 1.82) is 0 Å². The largest absolute Gasteiger partial charge is 0.382 e. The molecule has 2 nitrogen and oxygen atoms in total. The summed E-state index contributed by atoms with van der Waals surface area (Å²) in [6.45, 7) is 8.26. The van der Waals surface area contributed by atoms with E-state index in [0.717, 1.165) is 6.42 Å². The van der Waals surface area contributed by atoms with Gasteiger partial charge in [0.15, 0.2) is 0 Å². The Labute approximate surface area is 132 Å². The number of likely N-dealkylation sites (tertiary alicyclic amines) is 1. The van der Waals surface area contributed by atoms with E-state index in [-0.39, 0.29) is 0 Å². The Morgan fingerprint density at radius 3 is 2.85 bits per heavy atom. The van der Waals surface area contributed by atoms with Gasteiger partial charge in [0, 0.05) is 22.7 Å². The molecule has 1 atom stereocenters. The van der Waals surface area contributed by atoms with E-state index in [1.165, 1.54) is 61.0 Å². The first kappa shape index (κ1) is 15.8. The predicted molar refractivity (Wildman–Crippen MR) is 91.5 cm³/mol. The summed E-state index contributed by atoms with van der Waals surface area (Å²) in [5, 5.41) is 3.78. The van der Waals surface area contributed by atoms with E-state index in [0.29, 0.717) is 6.04 Å². The van der Waals surface area contributed by atoms with Crippen LogP contribution in [0.25, 0.3) is 0 Å². The summed E-state index contributed by atoms with van der Waals surface area (Å²) < 4.78 is 1.18. The normalized spacial score (nSPS) is 20.6. The molecule has 1 N–H and O–H groups in total. The van der Waals surface area contributed by atoms with Crippen molar-refractivity contribution in [2.24, 2.45) is 0 Å². The van der Waals surface area contributed by atoms with Crippen LogP contribution < -0.4 is 5.32 Å². The molecule has 1 aliphatic rings. The monoisotopic (exact) mass is 338 g/mol. The van der Waals surface area contributed by atoms with Crippen molar-refractivity contribution >= 4 is 21.6 Å². The number of halogens is 1. The molecule has 0 aromatic heterocycles. The second-order valence-corrected chi connectivity index (χ2v) is 6.68. The van der Waals surface area contributed by atoms with Gasteiger partial charge in [-0.2, -0.15) is 0 Å². The van der Waals surface area contributed by atoms with Crippen LogP contribution >= 0.6 is 15.9 Å². The minimum Gasteiger partial charge on any atom is -0.382 e. The average molecular weight is 339 g/mol. The van der Waals surface area contributed by atoms with Gasteiger partial charge >= 0.3 is 0 Å². The van der Waals surface area contributed by atoms with E-state index in [4.69, 9.17) is 0 Å². The summed E-state index contributed by atoms with van der Waals surface area (Å²) in [6.07, 6.45) is 6.22. The van der Waals surface area contributed by atoms with Crippen LogP contribution in [0.3, 0.4) is 0 Å². The maximum Gasteiger partial charge on any atom is 0.0375 e. The van der Waals surface area contributed by atoms with Crippen LogP contribution in [0.1, 0.15) is 45.1 Å². The van der Waals surface area contributed by atoms with Crippen LogP contribution in [0.4, 0.5) is 5.69 Å². The van der Waals surface area contributed by atoms with Crippen LogP contribution in [-0.2, 0) is 6.42 Å².